The third-order valence-corrected chi connectivity index (χ3v) is 18.7. The van der Waals surface area contributed by atoms with Crippen molar-refractivity contribution in [1.82, 2.24) is 0 Å². The predicted molar refractivity (Wildman–Crippen MR) is 454 cm³/mol. The fourth-order valence-electron chi connectivity index (χ4n) is 10.6. The molecule has 0 spiro atoms. The van der Waals surface area contributed by atoms with E-state index in [2.05, 4.69) is 210 Å². The Morgan fingerprint density at radius 2 is 0.473 bits per heavy atom. The zero-order valence-corrected chi connectivity index (χ0v) is 70.1. The normalized spacial score (nSPS) is 14.7. The minimum Gasteiger partial charge on any atom is -0.462 e. The van der Waals surface area contributed by atoms with Crippen molar-refractivity contribution in [3.8, 4) is 0 Å². The van der Waals surface area contributed by atoms with Gasteiger partial charge in [-0.15, -0.1) is 0 Å². The summed E-state index contributed by atoms with van der Waals surface area (Å²) in [5.74, 6) is -2.28. The van der Waals surface area contributed by atoms with Crippen LogP contribution in [0.5, 0.6) is 0 Å². The van der Waals surface area contributed by atoms with Gasteiger partial charge in [-0.2, -0.15) is 0 Å². The van der Waals surface area contributed by atoms with Crippen LogP contribution in [-0.4, -0.2) is 96.7 Å². The number of carbonyl (C=O) groups is 4. The van der Waals surface area contributed by atoms with Crippen molar-refractivity contribution in [2.24, 2.45) is 0 Å². The molecule has 0 aromatic carbocycles. The molecule has 0 aromatic rings. The molecule has 0 amide bonds. The molecular weight excluding hydrogens is 1430 g/mol. The summed E-state index contributed by atoms with van der Waals surface area (Å²) in [5, 5.41) is 10.7. The van der Waals surface area contributed by atoms with Gasteiger partial charge in [0, 0.05) is 25.7 Å². The van der Waals surface area contributed by atoms with Gasteiger partial charge in [0.15, 0.2) is 12.2 Å². The van der Waals surface area contributed by atoms with E-state index in [-0.39, 0.29) is 25.7 Å². The molecule has 5 unspecified atom stereocenters. The van der Waals surface area contributed by atoms with Crippen LogP contribution >= 0.6 is 15.6 Å². The first kappa shape index (κ1) is 104. The molecule has 5 atom stereocenters. The zero-order chi connectivity index (χ0) is 80.3. The first-order chi connectivity index (χ1) is 53.7. The van der Waals surface area contributed by atoms with Crippen LogP contribution in [-0.2, 0) is 65.4 Å². The molecule has 0 saturated heterocycles. The number of aliphatic hydroxyl groups is 1. The van der Waals surface area contributed by atoms with E-state index in [9.17, 15) is 43.2 Å². The second kappa shape index (κ2) is 81.2. The van der Waals surface area contributed by atoms with Crippen LogP contribution in [0, 0.1) is 0 Å². The second-order valence-corrected chi connectivity index (χ2v) is 30.2. The highest BCUT2D eigenvalue weighted by Gasteiger charge is 2.30. The lowest BCUT2D eigenvalue weighted by Crippen LogP contribution is -2.30. The summed E-state index contributed by atoms with van der Waals surface area (Å²) in [6.45, 7) is 4.41. The average molecular weight is 1580 g/mol. The summed E-state index contributed by atoms with van der Waals surface area (Å²) in [7, 11) is -10.0. The lowest BCUT2D eigenvalue weighted by Gasteiger charge is -2.21. The van der Waals surface area contributed by atoms with E-state index in [0.29, 0.717) is 25.7 Å². The SMILES string of the molecule is CC/C=C\C/C=C\C/C=C\C/C=C\C/C=C\CCCCCC(=O)OCC(COP(=O)(O)OCC(O)COP(=O)(O)OCC(COC(=O)CCCCCCCC/C=C\C/C=C\C/C=C\C/C=C\CC)OC(=O)CCCCCC/C=C\C/C=C\C/C=C\C/C=C\CC)OC(=O)CCCCCCC/C=C\C/C=C\CCCCC. The number of phosphoric acid groups is 2. The van der Waals surface area contributed by atoms with E-state index in [1.54, 1.807) is 0 Å². The molecule has 19 heteroatoms. The number of unbranched alkanes of at least 4 members (excludes halogenated alkanes) is 21. The molecule has 0 radical (unpaired) electrons. The molecule has 624 valence electrons. The van der Waals surface area contributed by atoms with E-state index < -0.39 is 97.5 Å². The number of hydrogen-bond acceptors (Lipinski definition) is 15. The molecule has 0 fully saturated rings. The first-order valence-electron chi connectivity index (χ1n) is 42.0. The van der Waals surface area contributed by atoms with E-state index in [1.807, 2.05) is 0 Å². The molecule has 0 aliphatic rings. The van der Waals surface area contributed by atoms with Crippen LogP contribution in [0.25, 0.3) is 0 Å². The third kappa shape index (κ3) is 80.2. The van der Waals surface area contributed by atoms with Gasteiger partial charge in [0.2, 0.25) is 0 Å². The van der Waals surface area contributed by atoms with Crippen LogP contribution in [0.2, 0.25) is 0 Å². The van der Waals surface area contributed by atoms with Crippen LogP contribution in [0.3, 0.4) is 0 Å². The van der Waals surface area contributed by atoms with Gasteiger partial charge in [-0.05, 0) is 180 Å². The number of esters is 4. The van der Waals surface area contributed by atoms with Crippen molar-refractivity contribution in [1.29, 1.82) is 0 Å². The minimum atomic E-state index is -5.00. The number of aliphatic hydroxyl groups excluding tert-OH is 1. The number of ether oxygens (including phenoxy) is 4. The van der Waals surface area contributed by atoms with Crippen molar-refractivity contribution in [3.05, 3.63) is 182 Å². The van der Waals surface area contributed by atoms with Crippen LogP contribution in [0.15, 0.2) is 182 Å². The lowest BCUT2D eigenvalue weighted by molar-refractivity contribution is -0.161. The van der Waals surface area contributed by atoms with E-state index in [4.69, 9.17) is 37.0 Å². The summed E-state index contributed by atoms with van der Waals surface area (Å²) < 4.78 is 68.7. The molecule has 3 N–H and O–H groups in total. The second-order valence-electron chi connectivity index (χ2n) is 27.3. The highest BCUT2D eigenvalue weighted by Crippen LogP contribution is 2.45. The molecule has 0 aliphatic carbocycles. The van der Waals surface area contributed by atoms with Gasteiger partial charge in [0.1, 0.15) is 19.3 Å². The summed E-state index contributed by atoms with van der Waals surface area (Å²) in [6, 6.07) is 0. The number of rotatable bonds is 77. The molecule has 110 heavy (non-hydrogen) atoms. The van der Waals surface area contributed by atoms with Crippen molar-refractivity contribution in [2.75, 3.05) is 39.6 Å². The summed E-state index contributed by atoms with van der Waals surface area (Å²) in [4.78, 5) is 73.2. The third-order valence-electron chi connectivity index (χ3n) is 16.8. The summed E-state index contributed by atoms with van der Waals surface area (Å²) in [6.07, 6.45) is 98.5. The smallest absolute Gasteiger partial charge is 0.462 e. The maximum Gasteiger partial charge on any atom is 0.472 e. The number of phosphoric ester groups is 2. The van der Waals surface area contributed by atoms with Crippen molar-refractivity contribution >= 4 is 39.5 Å². The fraction of sp³-hybridized carbons (Fsp3) is 0.626. The Bertz CT molecular complexity index is 2800. The van der Waals surface area contributed by atoms with Crippen molar-refractivity contribution in [3.63, 3.8) is 0 Å². The van der Waals surface area contributed by atoms with Crippen LogP contribution in [0.1, 0.15) is 310 Å². The monoisotopic (exact) mass is 1580 g/mol. The van der Waals surface area contributed by atoms with E-state index >= 15 is 0 Å². The van der Waals surface area contributed by atoms with Gasteiger partial charge >= 0.3 is 39.5 Å². The Morgan fingerprint density at radius 3 is 0.736 bits per heavy atom. The standard InChI is InChI=1S/C91H148O17P2/c1-5-9-13-17-21-25-29-33-37-40-42-45-48-51-55-59-63-67-71-75-88(93)101-81-86(107-90(95)77-73-69-65-61-57-53-47-36-32-28-24-20-16-12-8-4)83-105-109(97,98)103-79-85(92)80-104-110(99,100)106-84-87(108-91(96)78-74-70-66-62-58-54-50-44-39-35-31-27-23-19-15-11-7-3)82-102-89(94)76-72-68-64-60-56-52-49-46-43-41-38-34-30-26-22-18-14-10-6-2/h9-11,13-15,21-28,33-39,42-43,45-47,50-51,54-55,85-87,92H,5-8,12,16-20,29-32,40-41,44,48-49,52-53,56-84H2,1-4H3,(H,97,98)(H,99,100)/b13-9-,14-10-,15-11-,25-21-,26-22-,27-23-,28-24-,37-33-,38-34-,39-35-,45-42-,46-43-,47-36-,54-50-,55-51-. The van der Waals surface area contributed by atoms with Gasteiger partial charge in [-0.1, -0.05) is 287 Å². The van der Waals surface area contributed by atoms with Crippen molar-refractivity contribution < 1.29 is 80.2 Å². The van der Waals surface area contributed by atoms with Crippen molar-refractivity contribution in [2.45, 2.75) is 329 Å². The Balaban J connectivity index is 5.47. The topological polar surface area (TPSA) is 237 Å². The zero-order valence-electron chi connectivity index (χ0n) is 68.4. The quantitative estimate of drug-likeness (QED) is 0.0169. The van der Waals surface area contributed by atoms with Gasteiger partial charge in [-0.25, -0.2) is 9.13 Å². The largest absolute Gasteiger partial charge is 0.472 e. The Labute approximate surface area is 666 Å². The number of carbonyl (C=O) groups excluding carboxylic acids is 4. The molecule has 0 rings (SSSR count). The number of allylic oxidation sites excluding steroid dienone is 30. The highest BCUT2D eigenvalue weighted by molar-refractivity contribution is 7.47. The lowest BCUT2D eigenvalue weighted by atomic mass is 10.1. The molecule has 0 bridgehead atoms. The van der Waals surface area contributed by atoms with Crippen LogP contribution in [0.4, 0.5) is 0 Å². The summed E-state index contributed by atoms with van der Waals surface area (Å²) in [5.41, 5.74) is 0. The van der Waals surface area contributed by atoms with E-state index in [1.165, 1.54) is 19.3 Å². The first-order valence-corrected chi connectivity index (χ1v) is 45.0. The maximum atomic E-state index is 13.1. The Hall–Kier alpha value is -5.84. The maximum absolute atomic E-state index is 13.1. The Morgan fingerprint density at radius 1 is 0.264 bits per heavy atom. The summed E-state index contributed by atoms with van der Waals surface area (Å²) >= 11 is 0. The van der Waals surface area contributed by atoms with Gasteiger partial charge in [-0.3, -0.25) is 37.3 Å². The van der Waals surface area contributed by atoms with Gasteiger partial charge in [0.05, 0.1) is 26.4 Å². The van der Waals surface area contributed by atoms with Gasteiger partial charge in [0.25, 0.3) is 0 Å². The Kier molecular flexibility index (Phi) is 76.9. The molecule has 0 heterocycles. The van der Waals surface area contributed by atoms with Gasteiger partial charge < -0.3 is 33.8 Å². The molecule has 17 nitrogen and oxygen atoms in total. The molecular formula is C91H148O17P2. The van der Waals surface area contributed by atoms with E-state index in [0.717, 1.165) is 212 Å². The molecule has 0 aliphatic heterocycles. The number of hydrogen-bond donors (Lipinski definition) is 3. The predicted octanol–water partition coefficient (Wildman–Crippen LogP) is 25.1. The molecule has 0 aromatic heterocycles. The fourth-order valence-corrected chi connectivity index (χ4v) is 12.1. The molecule has 0 saturated carbocycles. The highest BCUT2D eigenvalue weighted by atomic mass is 31.2. The average Bonchev–Trinajstić information content (AvgIpc) is 0.899. The minimum absolute atomic E-state index is 0.0559. The van der Waals surface area contributed by atoms with Crippen LogP contribution < -0.4 is 0 Å².